The second-order valence-electron chi connectivity index (χ2n) is 4.08. The average molecular weight is 268 g/mol. The highest BCUT2D eigenvalue weighted by atomic mass is 79.9. The topological polar surface area (TPSA) is 23.5 Å². The second-order valence-corrected chi connectivity index (χ2v) is 5.00. The zero-order valence-corrected chi connectivity index (χ0v) is 10.4. The number of hydrogen-bond acceptors (Lipinski definition) is 2. The van der Waals surface area contributed by atoms with E-state index in [-0.39, 0.29) is 7.05 Å². The molecule has 1 aliphatic heterocycles. The van der Waals surface area contributed by atoms with E-state index in [1.165, 1.54) is 12.0 Å². The predicted octanol–water partition coefficient (Wildman–Crippen LogP) is 2.70. The lowest BCUT2D eigenvalue weighted by Gasteiger charge is -2.25. The summed E-state index contributed by atoms with van der Waals surface area (Å²) in [5, 5.41) is 9.67. The van der Waals surface area contributed by atoms with Crippen molar-refractivity contribution in [1.82, 2.24) is 4.81 Å². The van der Waals surface area contributed by atoms with Gasteiger partial charge in [0.25, 0.3) is 0 Å². The maximum atomic E-state index is 9.67. The summed E-state index contributed by atoms with van der Waals surface area (Å²) in [5.41, 5.74) is 1.29. The highest BCUT2D eigenvalue weighted by Crippen LogP contribution is 2.33. The summed E-state index contributed by atoms with van der Waals surface area (Å²) in [4.78, 5) is 2.15. The van der Waals surface area contributed by atoms with Gasteiger partial charge in [-0.1, -0.05) is 28.1 Å². The van der Waals surface area contributed by atoms with Crippen LogP contribution in [0.1, 0.15) is 24.4 Å². The maximum absolute atomic E-state index is 9.67. The quantitative estimate of drug-likeness (QED) is 0.833. The highest BCUT2D eigenvalue weighted by molar-refractivity contribution is 9.10. The van der Waals surface area contributed by atoms with Gasteiger partial charge in [-0.2, -0.15) is 0 Å². The van der Waals surface area contributed by atoms with Crippen molar-refractivity contribution in [1.29, 1.82) is 0 Å². The molecule has 0 aliphatic carbocycles. The van der Waals surface area contributed by atoms with Crippen molar-refractivity contribution in [3.63, 3.8) is 0 Å². The van der Waals surface area contributed by atoms with Crippen LogP contribution in [0.25, 0.3) is 0 Å². The molecule has 0 spiro atoms. The number of rotatable bonds is 2. The normalized spacial score (nSPS) is 21.9. The molecule has 1 aliphatic rings. The summed E-state index contributed by atoms with van der Waals surface area (Å²) in [6.07, 6.45) is 2.31. The van der Waals surface area contributed by atoms with Crippen molar-refractivity contribution in [2.75, 3.05) is 6.54 Å². The number of nitrogens with zero attached hydrogens (tertiary/aromatic N) is 1. The Bertz CT molecular complexity index is 345. The molecule has 1 atom stereocenters. The Kier molecular flexibility index (Phi) is 3.49. The molecule has 0 bridgehead atoms. The van der Waals surface area contributed by atoms with Crippen LogP contribution in [-0.2, 0) is 0 Å². The van der Waals surface area contributed by atoms with Crippen molar-refractivity contribution in [3.8, 4) is 0 Å². The van der Waals surface area contributed by atoms with Crippen molar-refractivity contribution >= 4 is 23.0 Å². The number of hydrogen-bond donors (Lipinski definition) is 1. The van der Waals surface area contributed by atoms with E-state index >= 15 is 0 Å². The lowest BCUT2D eigenvalue weighted by molar-refractivity contribution is 0.351. The van der Waals surface area contributed by atoms with Crippen LogP contribution in [-0.4, -0.2) is 23.4 Å². The number of halogens is 1. The van der Waals surface area contributed by atoms with E-state index in [0.29, 0.717) is 6.04 Å². The van der Waals surface area contributed by atoms with Gasteiger partial charge in [0.15, 0.2) is 0 Å². The molecule has 15 heavy (non-hydrogen) atoms. The van der Waals surface area contributed by atoms with Gasteiger partial charge in [-0.15, -0.1) is 0 Å². The van der Waals surface area contributed by atoms with Gasteiger partial charge >= 0.3 is 7.05 Å². The second kappa shape index (κ2) is 4.68. The molecular weight excluding hydrogens is 253 g/mol. The van der Waals surface area contributed by atoms with E-state index in [0.717, 1.165) is 17.4 Å². The molecular formula is C11H15BBrNO. The zero-order chi connectivity index (χ0) is 10.8. The standard InChI is InChI=1S/C11H15BBrNO/c1-12(15)14-7-3-6-11(14)9-4-2-5-10(13)8-9/h2,4-5,8,11,15H,3,6-7H2,1H3. The lowest BCUT2D eigenvalue weighted by Crippen LogP contribution is -2.36. The SMILES string of the molecule is CB(O)N1CCCC1c1cccc(Br)c1. The Morgan fingerprint density at radius 2 is 2.33 bits per heavy atom. The summed E-state index contributed by atoms with van der Waals surface area (Å²) in [5.74, 6) is 0. The van der Waals surface area contributed by atoms with E-state index in [9.17, 15) is 5.02 Å². The van der Waals surface area contributed by atoms with Gasteiger partial charge in [-0.3, -0.25) is 0 Å². The molecule has 1 aromatic rings. The summed E-state index contributed by atoms with van der Waals surface area (Å²) in [7, 11) is -0.350. The Hall–Kier alpha value is -0.315. The Morgan fingerprint density at radius 1 is 1.53 bits per heavy atom. The molecule has 80 valence electrons. The van der Waals surface area contributed by atoms with E-state index in [2.05, 4.69) is 38.9 Å². The van der Waals surface area contributed by atoms with Crippen molar-refractivity contribution in [3.05, 3.63) is 34.3 Å². The molecule has 1 fully saturated rings. The monoisotopic (exact) mass is 267 g/mol. The Labute approximate surface area is 99.6 Å². The molecule has 1 aromatic carbocycles. The fourth-order valence-corrected chi connectivity index (χ4v) is 2.73. The molecule has 2 nitrogen and oxygen atoms in total. The summed E-state index contributed by atoms with van der Waals surface area (Å²) < 4.78 is 1.11. The highest BCUT2D eigenvalue weighted by Gasteiger charge is 2.30. The molecule has 1 N–H and O–H groups in total. The summed E-state index contributed by atoms with van der Waals surface area (Å²) in [6.45, 7) is 2.84. The van der Waals surface area contributed by atoms with Gasteiger partial charge in [0.1, 0.15) is 0 Å². The van der Waals surface area contributed by atoms with Crippen LogP contribution in [0.15, 0.2) is 28.7 Å². The van der Waals surface area contributed by atoms with Gasteiger partial charge in [-0.05, 0) is 43.9 Å². The molecule has 2 rings (SSSR count). The van der Waals surface area contributed by atoms with Crippen LogP contribution in [0, 0.1) is 0 Å². The molecule has 0 aromatic heterocycles. The Morgan fingerprint density at radius 3 is 3.00 bits per heavy atom. The molecule has 1 heterocycles. The minimum absolute atomic E-state index is 0.350. The van der Waals surface area contributed by atoms with Crippen LogP contribution in [0.5, 0.6) is 0 Å². The largest absolute Gasteiger partial charge is 0.437 e. The molecule has 0 saturated carbocycles. The first-order valence-corrected chi connectivity index (χ1v) is 6.17. The van der Waals surface area contributed by atoms with Gasteiger partial charge in [-0.25, -0.2) is 0 Å². The zero-order valence-electron chi connectivity index (χ0n) is 8.86. The third kappa shape index (κ3) is 2.44. The minimum Gasteiger partial charge on any atom is -0.437 e. The fraction of sp³-hybridized carbons (Fsp3) is 0.455. The molecule has 4 heteroatoms. The first-order chi connectivity index (χ1) is 7.18. The first kappa shape index (κ1) is 11.2. The first-order valence-electron chi connectivity index (χ1n) is 5.38. The van der Waals surface area contributed by atoms with Crippen molar-refractivity contribution in [2.24, 2.45) is 0 Å². The van der Waals surface area contributed by atoms with Crippen LogP contribution in [0.2, 0.25) is 6.82 Å². The summed E-state index contributed by atoms with van der Waals surface area (Å²) >= 11 is 3.49. The summed E-state index contributed by atoms with van der Waals surface area (Å²) in [6, 6.07) is 8.74. The Balaban J connectivity index is 2.22. The third-order valence-electron chi connectivity index (χ3n) is 3.01. The van der Waals surface area contributed by atoms with Gasteiger partial charge < -0.3 is 9.83 Å². The predicted molar refractivity (Wildman–Crippen MR) is 66.7 cm³/mol. The molecule has 1 saturated heterocycles. The van der Waals surface area contributed by atoms with E-state index in [1.807, 2.05) is 12.9 Å². The van der Waals surface area contributed by atoms with Gasteiger partial charge in [0.05, 0.1) is 0 Å². The minimum atomic E-state index is -0.350. The fourth-order valence-electron chi connectivity index (χ4n) is 2.31. The van der Waals surface area contributed by atoms with E-state index < -0.39 is 0 Å². The maximum Gasteiger partial charge on any atom is 0.376 e. The van der Waals surface area contributed by atoms with Crippen molar-refractivity contribution < 1.29 is 5.02 Å². The smallest absolute Gasteiger partial charge is 0.376 e. The van der Waals surface area contributed by atoms with Crippen LogP contribution >= 0.6 is 15.9 Å². The van der Waals surface area contributed by atoms with Crippen LogP contribution in [0.3, 0.4) is 0 Å². The molecule has 1 unspecified atom stereocenters. The van der Waals surface area contributed by atoms with Crippen LogP contribution < -0.4 is 0 Å². The van der Waals surface area contributed by atoms with Crippen molar-refractivity contribution in [2.45, 2.75) is 25.7 Å². The van der Waals surface area contributed by atoms with Gasteiger partial charge in [0, 0.05) is 10.5 Å². The van der Waals surface area contributed by atoms with Crippen LogP contribution in [0.4, 0.5) is 0 Å². The molecule has 0 radical (unpaired) electrons. The molecule has 0 amide bonds. The lowest BCUT2D eigenvalue weighted by atomic mass is 9.83. The van der Waals surface area contributed by atoms with E-state index in [1.54, 1.807) is 0 Å². The van der Waals surface area contributed by atoms with Gasteiger partial charge in [0.2, 0.25) is 0 Å². The van der Waals surface area contributed by atoms with E-state index in [4.69, 9.17) is 0 Å². The number of benzene rings is 1. The average Bonchev–Trinajstić information content (AvgIpc) is 2.65. The third-order valence-corrected chi connectivity index (χ3v) is 3.50.